The zero-order valence-electron chi connectivity index (χ0n) is 12.4. The van der Waals surface area contributed by atoms with Crippen molar-refractivity contribution < 1.29 is 18.1 Å². The molecule has 0 radical (unpaired) electrons. The largest absolute Gasteiger partial charge is 1.00 e. The van der Waals surface area contributed by atoms with Crippen LogP contribution < -0.4 is 18.1 Å². The number of allylic oxidation sites excluding steroid dienone is 1. The third-order valence-corrected chi connectivity index (χ3v) is 2.56. The van der Waals surface area contributed by atoms with Crippen LogP contribution in [0.2, 0.25) is 0 Å². The Balaban J connectivity index is -0.000000340. The highest BCUT2D eigenvalue weighted by molar-refractivity contribution is 4.86. The second-order valence-corrected chi connectivity index (χ2v) is 4.68. The van der Waals surface area contributed by atoms with E-state index in [4.69, 9.17) is 0 Å². The van der Waals surface area contributed by atoms with Crippen molar-refractivity contribution in [2.45, 2.75) is 78.6 Å². The fourth-order valence-corrected chi connectivity index (χ4v) is 1.38. The zero-order chi connectivity index (χ0) is 12.6. The van der Waals surface area contributed by atoms with Gasteiger partial charge in [-0.15, -0.1) is 6.58 Å². The molecule has 0 aliphatic carbocycles. The van der Waals surface area contributed by atoms with Gasteiger partial charge in [-0.25, -0.2) is 0 Å². The van der Waals surface area contributed by atoms with Crippen LogP contribution in [0.15, 0.2) is 12.2 Å². The fraction of sp³-hybridized carbons (Fsp3) is 0.867. The van der Waals surface area contributed by atoms with Crippen LogP contribution in [0.25, 0.3) is 0 Å². The maximum absolute atomic E-state index is 3.90. The molecule has 0 unspecified atom stereocenters. The van der Waals surface area contributed by atoms with E-state index in [1.165, 1.54) is 63.4 Å². The van der Waals surface area contributed by atoms with E-state index in [2.05, 4.69) is 33.1 Å². The van der Waals surface area contributed by atoms with Crippen LogP contribution >= 0.6 is 0 Å². The number of unbranched alkanes of at least 4 members (excludes halogenated alkanes) is 6. The van der Waals surface area contributed by atoms with Gasteiger partial charge in [-0.05, 0) is 26.2 Å². The fourth-order valence-electron chi connectivity index (χ4n) is 1.38. The summed E-state index contributed by atoms with van der Waals surface area (Å²) >= 11 is 0. The summed E-state index contributed by atoms with van der Waals surface area (Å²) in [7, 11) is 0. The number of quaternary nitrogens is 1. The van der Waals surface area contributed by atoms with Gasteiger partial charge in [-0.3, -0.25) is 0 Å². The van der Waals surface area contributed by atoms with Gasteiger partial charge in [0.05, 0.1) is 6.54 Å². The minimum atomic E-state index is 0. The Labute approximate surface area is 116 Å². The Morgan fingerprint density at radius 2 is 1.29 bits per heavy atom. The number of rotatable bonds is 9. The third-order valence-electron chi connectivity index (χ3n) is 2.56. The van der Waals surface area contributed by atoms with Gasteiger partial charge in [0.2, 0.25) is 0 Å². The maximum Gasteiger partial charge on any atom is 0.0737 e. The third kappa shape index (κ3) is 31.4. The normalized spacial score (nSPS) is 8.94. The van der Waals surface area contributed by atoms with E-state index in [1.807, 2.05) is 0 Å². The van der Waals surface area contributed by atoms with Crippen LogP contribution in [-0.4, -0.2) is 6.54 Å². The van der Waals surface area contributed by atoms with Crippen molar-refractivity contribution in [2.75, 3.05) is 6.54 Å². The Kier molecular flexibility index (Phi) is 27.8. The average Bonchev–Trinajstić information content (AvgIpc) is 2.28. The second kappa shape index (κ2) is 21.3. The second-order valence-electron chi connectivity index (χ2n) is 4.68. The molecular weight excluding hydrogens is 230 g/mol. The molecule has 17 heavy (non-hydrogen) atoms. The van der Waals surface area contributed by atoms with Gasteiger partial charge < -0.3 is 18.1 Å². The van der Waals surface area contributed by atoms with E-state index in [-0.39, 0.29) is 12.4 Å². The monoisotopic (exact) mass is 263 g/mol. The maximum atomic E-state index is 3.90. The van der Waals surface area contributed by atoms with Crippen molar-refractivity contribution in [1.29, 1.82) is 0 Å². The molecule has 0 saturated heterocycles. The highest BCUT2D eigenvalue weighted by atomic mass is 35.5. The van der Waals surface area contributed by atoms with Gasteiger partial charge in [0, 0.05) is 0 Å². The molecule has 0 aliphatic rings. The van der Waals surface area contributed by atoms with Crippen molar-refractivity contribution in [3.8, 4) is 0 Å². The smallest absolute Gasteiger partial charge is 0.0737 e. The molecule has 0 aromatic rings. The van der Waals surface area contributed by atoms with Gasteiger partial charge in [-0.1, -0.05) is 57.9 Å². The standard InChI is InChI=1S/C12H24.C3H9N.ClH/c1-4-5-6-7-8-9-10-11-12(2)3;1-2-3-4;/h2,4-11H2,1,3H3;2-4H2,1H3;1H. The van der Waals surface area contributed by atoms with E-state index in [1.54, 1.807) is 0 Å². The Hall–Kier alpha value is -0.0100. The SMILES string of the molecule is C=C(C)CCCCCCCCC.CCC[NH3+].[Cl-]. The lowest BCUT2D eigenvalue weighted by Gasteiger charge is -2.00. The molecule has 0 saturated carbocycles. The summed E-state index contributed by atoms with van der Waals surface area (Å²) < 4.78 is 0. The molecule has 0 heterocycles. The summed E-state index contributed by atoms with van der Waals surface area (Å²) in [6, 6.07) is 0. The van der Waals surface area contributed by atoms with E-state index in [9.17, 15) is 0 Å². The first-order chi connectivity index (χ1) is 7.68. The van der Waals surface area contributed by atoms with Crippen molar-refractivity contribution in [1.82, 2.24) is 0 Å². The highest BCUT2D eigenvalue weighted by Crippen LogP contribution is 2.10. The van der Waals surface area contributed by atoms with Crippen molar-refractivity contribution >= 4 is 0 Å². The Morgan fingerprint density at radius 1 is 0.882 bits per heavy atom. The molecule has 0 aromatic heterocycles. The Morgan fingerprint density at radius 3 is 1.65 bits per heavy atom. The molecule has 0 spiro atoms. The molecule has 0 aromatic carbocycles. The van der Waals surface area contributed by atoms with Crippen LogP contribution in [0.3, 0.4) is 0 Å². The first-order valence-corrected chi connectivity index (χ1v) is 7.12. The van der Waals surface area contributed by atoms with Crippen molar-refractivity contribution in [3.05, 3.63) is 12.2 Å². The van der Waals surface area contributed by atoms with E-state index < -0.39 is 0 Å². The molecule has 106 valence electrons. The number of hydrogen-bond donors (Lipinski definition) is 1. The number of hydrogen-bond acceptors (Lipinski definition) is 0. The molecule has 0 amide bonds. The van der Waals surface area contributed by atoms with Crippen LogP contribution in [0.1, 0.15) is 78.6 Å². The Bertz CT molecular complexity index is 133. The number of halogens is 1. The molecule has 3 N–H and O–H groups in total. The molecule has 2 heteroatoms. The predicted octanol–water partition coefficient (Wildman–Crippen LogP) is 1.35. The van der Waals surface area contributed by atoms with Crippen LogP contribution in [-0.2, 0) is 0 Å². The van der Waals surface area contributed by atoms with Gasteiger partial charge in [0.1, 0.15) is 0 Å². The van der Waals surface area contributed by atoms with E-state index in [0.717, 1.165) is 6.54 Å². The lowest BCUT2D eigenvalue weighted by molar-refractivity contribution is -0.367. The van der Waals surface area contributed by atoms with E-state index >= 15 is 0 Å². The summed E-state index contributed by atoms with van der Waals surface area (Å²) in [6.45, 7) is 11.5. The van der Waals surface area contributed by atoms with Crippen LogP contribution in [0, 0.1) is 0 Å². The van der Waals surface area contributed by atoms with E-state index in [0.29, 0.717) is 0 Å². The summed E-state index contributed by atoms with van der Waals surface area (Å²) in [5.41, 5.74) is 4.94. The van der Waals surface area contributed by atoms with Crippen molar-refractivity contribution in [3.63, 3.8) is 0 Å². The molecule has 0 bridgehead atoms. The summed E-state index contributed by atoms with van der Waals surface area (Å²) in [5.74, 6) is 0. The predicted molar refractivity (Wildman–Crippen MR) is 75.5 cm³/mol. The quantitative estimate of drug-likeness (QED) is 0.481. The molecule has 0 atom stereocenters. The average molecular weight is 264 g/mol. The molecule has 1 nitrogen and oxygen atoms in total. The molecular formula is C15H34ClN. The summed E-state index contributed by atoms with van der Waals surface area (Å²) in [4.78, 5) is 0. The lowest BCUT2D eigenvalue weighted by atomic mass is 10.1. The van der Waals surface area contributed by atoms with Crippen molar-refractivity contribution in [2.24, 2.45) is 0 Å². The van der Waals surface area contributed by atoms with Crippen LogP contribution in [0.4, 0.5) is 0 Å². The molecule has 0 rings (SSSR count). The zero-order valence-corrected chi connectivity index (χ0v) is 13.1. The van der Waals surface area contributed by atoms with Gasteiger partial charge in [-0.2, -0.15) is 0 Å². The minimum Gasteiger partial charge on any atom is -1.00 e. The lowest BCUT2D eigenvalue weighted by Crippen LogP contribution is -3.00. The van der Waals surface area contributed by atoms with Gasteiger partial charge in [0.15, 0.2) is 0 Å². The van der Waals surface area contributed by atoms with Crippen LogP contribution in [0.5, 0.6) is 0 Å². The molecule has 0 fully saturated rings. The first kappa shape index (κ1) is 22.2. The summed E-state index contributed by atoms with van der Waals surface area (Å²) in [5, 5.41) is 0. The molecule has 0 aliphatic heterocycles. The topological polar surface area (TPSA) is 27.6 Å². The van der Waals surface area contributed by atoms with Gasteiger partial charge >= 0.3 is 0 Å². The highest BCUT2D eigenvalue weighted by Gasteiger charge is 1.90. The summed E-state index contributed by atoms with van der Waals surface area (Å²) in [6.07, 6.45) is 12.2. The minimum absolute atomic E-state index is 0. The first-order valence-electron chi connectivity index (χ1n) is 7.12. The van der Waals surface area contributed by atoms with Gasteiger partial charge in [0.25, 0.3) is 0 Å².